The highest BCUT2D eigenvalue weighted by Crippen LogP contribution is 2.00. The molecule has 0 amide bonds. The third kappa shape index (κ3) is 7.33. The SMILES string of the molecule is CCC(C)COCCC(=N)N. The van der Waals surface area contributed by atoms with Crippen molar-refractivity contribution in [3.05, 3.63) is 0 Å². The van der Waals surface area contributed by atoms with E-state index in [1.807, 2.05) is 0 Å². The van der Waals surface area contributed by atoms with Crippen LogP contribution in [0.1, 0.15) is 26.7 Å². The molecular weight excluding hydrogens is 140 g/mol. The highest BCUT2D eigenvalue weighted by atomic mass is 16.5. The van der Waals surface area contributed by atoms with E-state index in [0.29, 0.717) is 18.9 Å². The summed E-state index contributed by atoms with van der Waals surface area (Å²) in [6, 6.07) is 0. The Morgan fingerprint density at radius 2 is 2.27 bits per heavy atom. The number of rotatable bonds is 6. The summed E-state index contributed by atoms with van der Waals surface area (Å²) in [4.78, 5) is 0. The molecule has 0 spiro atoms. The number of hydrogen-bond acceptors (Lipinski definition) is 2. The molecule has 66 valence electrons. The Morgan fingerprint density at radius 3 is 2.73 bits per heavy atom. The third-order valence-electron chi connectivity index (χ3n) is 1.62. The second-order valence-corrected chi connectivity index (χ2v) is 2.86. The fraction of sp³-hybridized carbons (Fsp3) is 0.875. The van der Waals surface area contributed by atoms with E-state index in [1.54, 1.807) is 0 Å². The van der Waals surface area contributed by atoms with Crippen LogP contribution < -0.4 is 5.73 Å². The quantitative estimate of drug-likeness (QED) is 0.348. The van der Waals surface area contributed by atoms with Crippen LogP contribution in [0.4, 0.5) is 0 Å². The third-order valence-corrected chi connectivity index (χ3v) is 1.62. The molecule has 0 aromatic rings. The van der Waals surface area contributed by atoms with Crippen LogP contribution in [-0.2, 0) is 4.74 Å². The normalized spacial score (nSPS) is 12.9. The van der Waals surface area contributed by atoms with Crippen molar-refractivity contribution < 1.29 is 4.74 Å². The van der Waals surface area contributed by atoms with Gasteiger partial charge in [-0.2, -0.15) is 0 Å². The summed E-state index contributed by atoms with van der Waals surface area (Å²) >= 11 is 0. The topological polar surface area (TPSA) is 59.1 Å². The summed E-state index contributed by atoms with van der Waals surface area (Å²) in [7, 11) is 0. The van der Waals surface area contributed by atoms with E-state index in [1.165, 1.54) is 0 Å². The van der Waals surface area contributed by atoms with Crippen LogP contribution >= 0.6 is 0 Å². The van der Waals surface area contributed by atoms with Crippen molar-refractivity contribution in [2.45, 2.75) is 26.7 Å². The molecule has 0 aromatic carbocycles. The maximum atomic E-state index is 6.92. The first-order valence-corrected chi connectivity index (χ1v) is 4.07. The highest BCUT2D eigenvalue weighted by molar-refractivity contribution is 5.76. The molecule has 1 atom stereocenters. The molecule has 3 N–H and O–H groups in total. The Balaban J connectivity index is 3.08. The zero-order valence-corrected chi connectivity index (χ0v) is 7.39. The zero-order chi connectivity index (χ0) is 8.69. The van der Waals surface area contributed by atoms with Crippen molar-refractivity contribution in [1.82, 2.24) is 0 Å². The Hall–Kier alpha value is -0.570. The predicted molar refractivity (Wildman–Crippen MR) is 46.8 cm³/mol. The van der Waals surface area contributed by atoms with Crippen molar-refractivity contribution >= 4 is 5.84 Å². The summed E-state index contributed by atoms with van der Waals surface area (Å²) in [5.74, 6) is 0.816. The molecule has 0 aromatic heterocycles. The number of ether oxygens (including phenoxy) is 1. The van der Waals surface area contributed by atoms with E-state index in [4.69, 9.17) is 15.9 Å². The van der Waals surface area contributed by atoms with E-state index >= 15 is 0 Å². The van der Waals surface area contributed by atoms with Gasteiger partial charge in [-0.15, -0.1) is 0 Å². The molecule has 0 rings (SSSR count). The van der Waals surface area contributed by atoms with E-state index in [-0.39, 0.29) is 5.84 Å². The molecule has 1 unspecified atom stereocenters. The summed E-state index contributed by atoms with van der Waals surface area (Å²) in [6.07, 6.45) is 1.69. The lowest BCUT2D eigenvalue weighted by atomic mass is 10.1. The second-order valence-electron chi connectivity index (χ2n) is 2.86. The zero-order valence-electron chi connectivity index (χ0n) is 7.39. The van der Waals surface area contributed by atoms with E-state index in [9.17, 15) is 0 Å². The lowest BCUT2D eigenvalue weighted by Gasteiger charge is -2.08. The number of nitrogens with two attached hydrogens (primary N) is 1. The molecule has 0 saturated heterocycles. The van der Waals surface area contributed by atoms with Gasteiger partial charge < -0.3 is 10.5 Å². The first-order valence-electron chi connectivity index (χ1n) is 4.07. The van der Waals surface area contributed by atoms with Gasteiger partial charge in [0.15, 0.2) is 0 Å². The van der Waals surface area contributed by atoms with Crippen LogP contribution in [0.15, 0.2) is 0 Å². The molecular formula is C8H18N2O. The van der Waals surface area contributed by atoms with Crippen LogP contribution in [0.3, 0.4) is 0 Å². The van der Waals surface area contributed by atoms with Gasteiger partial charge >= 0.3 is 0 Å². The largest absolute Gasteiger partial charge is 0.388 e. The Labute approximate surface area is 68.4 Å². The smallest absolute Gasteiger partial charge is 0.0928 e. The molecule has 0 aliphatic rings. The summed E-state index contributed by atoms with van der Waals surface area (Å²) in [6.45, 7) is 5.65. The van der Waals surface area contributed by atoms with Crippen LogP contribution in [0.25, 0.3) is 0 Å². The molecule has 3 heteroatoms. The van der Waals surface area contributed by atoms with Gasteiger partial charge in [0.2, 0.25) is 0 Å². The van der Waals surface area contributed by atoms with Crippen LogP contribution in [0.5, 0.6) is 0 Å². The molecule has 0 fully saturated rings. The van der Waals surface area contributed by atoms with Gasteiger partial charge in [0.05, 0.1) is 12.4 Å². The fourth-order valence-electron chi connectivity index (χ4n) is 0.584. The van der Waals surface area contributed by atoms with Gasteiger partial charge in [0.1, 0.15) is 0 Å². The maximum Gasteiger partial charge on any atom is 0.0928 e. The second kappa shape index (κ2) is 6.16. The van der Waals surface area contributed by atoms with Crippen molar-refractivity contribution in [1.29, 1.82) is 5.41 Å². The summed E-state index contributed by atoms with van der Waals surface area (Å²) < 4.78 is 5.28. The van der Waals surface area contributed by atoms with Gasteiger partial charge in [-0.05, 0) is 5.92 Å². The molecule has 3 nitrogen and oxygen atoms in total. The van der Waals surface area contributed by atoms with Crippen molar-refractivity contribution in [2.24, 2.45) is 11.7 Å². The minimum atomic E-state index is 0.203. The summed E-state index contributed by atoms with van der Waals surface area (Å²) in [5.41, 5.74) is 5.15. The first kappa shape index (κ1) is 10.4. The lowest BCUT2D eigenvalue weighted by Crippen LogP contribution is -2.14. The molecule has 0 bridgehead atoms. The fourth-order valence-corrected chi connectivity index (χ4v) is 0.584. The van der Waals surface area contributed by atoms with Gasteiger partial charge in [0, 0.05) is 13.0 Å². The average Bonchev–Trinajstić information content (AvgIpc) is 1.97. The molecule has 0 radical (unpaired) electrons. The maximum absolute atomic E-state index is 6.92. The van der Waals surface area contributed by atoms with Gasteiger partial charge in [0.25, 0.3) is 0 Å². The van der Waals surface area contributed by atoms with Crippen LogP contribution in [0.2, 0.25) is 0 Å². The minimum absolute atomic E-state index is 0.203. The Morgan fingerprint density at radius 1 is 1.64 bits per heavy atom. The Kier molecular flexibility index (Phi) is 5.84. The number of nitrogens with one attached hydrogen (secondary N) is 1. The van der Waals surface area contributed by atoms with Crippen LogP contribution in [-0.4, -0.2) is 19.0 Å². The minimum Gasteiger partial charge on any atom is -0.388 e. The van der Waals surface area contributed by atoms with Crippen molar-refractivity contribution in [3.63, 3.8) is 0 Å². The van der Waals surface area contributed by atoms with E-state index in [0.717, 1.165) is 13.0 Å². The van der Waals surface area contributed by atoms with E-state index in [2.05, 4.69) is 13.8 Å². The van der Waals surface area contributed by atoms with E-state index < -0.39 is 0 Å². The molecule has 0 aliphatic heterocycles. The average molecular weight is 158 g/mol. The standard InChI is InChI=1S/C8H18N2O/c1-3-7(2)6-11-5-4-8(9)10/h7H,3-6H2,1-2H3,(H3,9,10). The first-order chi connectivity index (χ1) is 5.16. The highest BCUT2D eigenvalue weighted by Gasteiger charge is 1.97. The molecule has 0 heterocycles. The lowest BCUT2D eigenvalue weighted by molar-refractivity contribution is 0.109. The van der Waals surface area contributed by atoms with Gasteiger partial charge in [-0.3, -0.25) is 5.41 Å². The monoisotopic (exact) mass is 158 g/mol. The van der Waals surface area contributed by atoms with Gasteiger partial charge in [-0.1, -0.05) is 20.3 Å². The van der Waals surface area contributed by atoms with Crippen molar-refractivity contribution in [3.8, 4) is 0 Å². The molecule has 0 saturated carbocycles. The predicted octanol–water partition coefficient (Wildman–Crippen LogP) is 1.38. The molecule has 11 heavy (non-hydrogen) atoms. The number of amidine groups is 1. The van der Waals surface area contributed by atoms with Gasteiger partial charge in [-0.25, -0.2) is 0 Å². The summed E-state index contributed by atoms with van der Waals surface area (Å²) in [5, 5.41) is 6.92. The molecule has 0 aliphatic carbocycles. The number of hydrogen-bond donors (Lipinski definition) is 2. The van der Waals surface area contributed by atoms with Crippen LogP contribution in [0, 0.1) is 11.3 Å². The Bertz CT molecular complexity index is 115. The van der Waals surface area contributed by atoms with Crippen molar-refractivity contribution in [2.75, 3.05) is 13.2 Å².